The van der Waals surface area contributed by atoms with Crippen molar-refractivity contribution in [2.45, 2.75) is 70.2 Å². The lowest BCUT2D eigenvalue weighted by molar-refractivity contribution is 0.0640. The Morgan fingerprint density at radius 3 is 1.95 bits per heavy atom. The molecule has 1 atom stereocenters. The number of carbonyl (C=O) groups is 1. The summed E-state index contributed by atoms with van der Waals surface area (Å²) in [4.78, 5) is 15.3. The van der Waals surface area contributed by atoms with Gasteiger partial charge < -0.3 is 4.90 Å². The van der Waals surface area contributed by atoms with Gasteiger partial charge in [0, 0.05) is 16.8 Å². The van der Waals surface area contributed by atoms with Gasteiger partial charge in [-0.25, -0.2) is 0 Å². The van der Waals surface area contributed by atoms with Crippen molar-refractivity contribution < 1.29 is 9.00 Å². The predicted octanol–water partition coefficient (Wildman–Crippen LogP) is 3.85. The summed E-state index contributed by atoms with van der Waals surface area (Å²) in [6, 6.07) is 7.45. The molecule has 4 heteroatoms. The van der Waals surface area contributed by atoms with Crippen LogP contribution in [0.4, 0.5) is 0 Å². The molecule has 21 heavy (non-hydrogen) atoms. The highest BCUT2D eigenvalue weighted by atomic mass is 32.2. The Kier molecular flexibility index (Phi) is 5.74. The first-order valence-corrected chi connectivity index (χ1v) is 8.56. The molecule has 1 rings (SSSR count). The summed E-state index contributed by atoms with van der Waals surface area (Å²) in [5, 5.41) is 0. The molecule has 0 aliphatic rings. The smallest absolute Gasteiger partial charge is 0.255 e. The predicted molar refractivity (Wildman–Crippen MR) is 89.0 cm³/mol. The molecule has 0 saturated heterocycles. The van der Waals surface area contributed by atoms with Crippen molar-refractivity contribution in [2.75, 3.05) is 0 Å². The van der Waals surface area contributed by atoms with E-state index in [2.05, 4.69) is 0 Å². The van der Waals surface area contributed by atoms with E-state index in [0.717, 1.165) is 0 Å². The third-order valence-corrected chi connectivity index (χ3v) is 5.09. The van der Waals surface area contributed by atoms with E-state index in [0.29, 0.717) is 10.5 Å². The molecule has 0 N–H and O–H groups in total. The van der Waals surface area contributed by atoms with Crippen LogP contribution < -0.4 is 0 Å². The number of carbonyl (C=O) groups excluding carboxylic acids is 1. The summed E-state index contributed by atoms with van der Waals surface area (Å²) >= 11 is 0. The number of rotatable bonds is 4. The highest BCUT2D eigenvalue weighted by Crippen LogP contribution is 2.25. The molecule has 0 aliphatic carbocycles. The topological polar surface area (TPSA) is 37.4 Å². The van der Waals surface area contributed by atoms with Gasteiger partial charge in [-0.05, 0) is 60.6 Å². The Labute approximate surface area is 131 Å². The molecule has 0 heterocycles. The Bertz CT molecular complexity index is 522. The van der Waals surface area contributed by atoms with Crippen molar-refractivity contribution >= 4 is 16.7 Å². The van der Waals surface area contributed by atoms with E-state index in [4.69, 9.17) is 0 Å². The molecule has 0 aliphatic heterocycles. The molecular weight excluding hydrogens is 282 g/mol. The average molecular weight is 309 g/mol. The minimum atomic E-state index is -1.22. The number of amides is 1. The third-order valence-electron chi connectivity index (χ3n) is 3.22. The maximum atomic E-state index is 12.9. The van der Waals surface area contributed by atoms with Gasteiger partial charge in [-0.1, -0.05) is 12.1 Å². The third kappa shape index (κ3) is 4.16. The lowest BCUT2D eigenvalue weighted by Gasteiger charge is -2.32. The van der Waals surface area contributed by atoms with Crippen LogP contribution in [-0.2, 0) is 10.8 Å². The Morgan fingerprint density at radius 1 is 1.05 bits per heavy atom. The van der Waals surface area contributed by atoms with E-state index in [1.807, 2.05) is 65.5 Å². The zero-order valence-electron chi connectivity index (χ0n) is 14.1. The van der Waals surface area contributed by atoms with Crippen molar-refractivity contribution in [1.29, 1.82) is 0 Å². The summed E-state index contributed by atoms with van der Waals surface area (Å²) in [6.07, 6.45) is 0. The number of hydrogen-bond donors (Lipinski definition) is 0. The second-order valence-electron chi connectivity index (χ2n) is 6.78. The summed E-state index contributed by atoms with van der Waals surface area (Å²) in [5.74, 6) is -0.0480. The highest BCUT2D eigenvalue weighted by Gasteiger charge is 2.29. The van der Waals surface area contributed by atoms with Crippen molar-refractivity contribution in [3.8, 4) is 0 Å². The van der Waals surface area contributed by atoms with Crippen LogP contribution >= 0.6 is 0 Å². The van der Waals surface area contributed by atoms with Gasteiger partial charge in [-0.3, -0.25) is 9.00 Å². The SMILES string of the molecule is CC(C)N(C(=O)c1ccccc1S(=O)C(C)(C)C)C(C)C. The van der Waals surface area contributed by atoms with E-state index >= 15 is 0 Å². The molecule has 0 bridgehead atoms. The van der Waals surface area contributed by atoms with Crippen LogP contribution in [0.5, 0.6) is 0 Å². The highest BCUT2D eigenvalue weighted by molar-refractivity contribution is 7.86. The lowest BCUT2D eigenvalue weighted by Crippen LogP contribution is -2.42. The van der Waals surface area contributed by atoms with Crippen LogP contribution in [0.3, 0.4) is 0 Å². The fourth-order valence-corrected chi connectivity index (χ4v) is 3.56. The molecule has 3 nitrogen and oxygen atoms in total. The van der Waals surface area contributed by atoms with Crippen LogP contribution in [0, 0.1) is 0 Å². The van der Waals surface area contributed by atoms with E-state index in [-0.39, 0.29) is 18.0 Å². The fourth-order valence-electron chi connectivity index (χ4n) is 2.34. The number of nitrogens with zero attached hydrogens (tertiary/aromatic N) is 1. The number of hydrogen-bond acceptors (Lipinski definition) is 2. The van der Waals surface area contributed by atoms with Crippen LogP contribution in [-0.4, -0.2) is 31.8 Å². The molecule has 1 unspecified atom stereocenters. The van der Waals surface area contributed by atoms with Gasteiger partial charge in [0.05, 0.1) is 21.3 Å². The van der Waals surface area contributed by atoms with Gasteiger partial charge in [0.15, 0.2) is 0 Å². The minimum absolute atomic E-state index is 0.0480. The van der Waals surface area contributed by atoms with Crippen LogP contribution in [0.2, 0.25) is 0 Å². The lowest BCUT2D eigenvalue weighted by atomic mass is 10.1. The van der Waals surface area contributed by atoms with Crippen LogP contribution in [0.25, 0.3) is 0 Å². The molecule has 0 aromatic heterocycles. The Balaban J connectivity index is 3.32. The molecule has 1 aromatic carbocycles. The average Bonchev–Trinajstić information content (AvgIpc) is 2.35. The first-order chi connectivity index (χ1) is 9.57. The summed E-state index contributed by atoms with van der Waals surface area (Å²) < 4.78 is 12.3. The van der Waals surface area contributed by atoms with Gasteiger partial charge >= 0.3 is 0 Å². The zero-order chi connectivity index (χ0) is 16.4. The Morgan fingerprint density at radius 2 is 1.52 bits per heavy atom. The summed E-state index contributed by atoms with van der Waals surface area (Å²) in [5.41, 5.74) is 0.549. The van der Waals surface area contributed by atoms with Crippen molar-refractivity contribution in [1.82, 2.24) is 4.90 Å². The van der Waals surface area contributed by atoms with Crippen molar-refractivity contribution in [2.24, 2.45) is 0 Å². The second-order valence-corrected chi connectivity index (χ2v) is 8.98. The largest absolute Gasteiger partial charge is 0.334 e. The van der Waals surface area contributed by atoms with Crippen LogP contribution in [0.15, 0.2) is 29.2 Å². The first kappa shape index (κ1) is 17.9. The maximum absolute atomic E-state index is 12.9. The molecule has 0 saturated carbocycles. The molecular formula is C17H27NO2S. The van der Waals surface area contributed by atoms with Gasteiger partial charge in [0.25, 0.3) is 5.91 Å². The molecule has 1 aromatic rings. The van der Waals surface area contributed by atoms with Crippen LogP contribution in [0.1, 0.15) is 58.8 Å². The molecule has 0 spiro atoms. The molecule has 0 fully saturated rings. The monoisotopic (exact) mass is 309 g/mol. The van der Waals surface area contributed by atoms with Crippen molar-refractivity contribution in [3.05, 3.63) is 29.8 Å². The van der Waals surface area contributed by atoms with Crippen molar-refractivity contribution in [3.63, 3.8) is 0 Å². The normalized spacial score (nSPS) is 13.6. The number of benzene rings is 1. The fraction of sp³-hybridized carbons (Fsp3) is 0.588. The van der Waals surface area contributed by atoms with Gasteiger partial charge in [0.2, 0.25) is 0 Å². The zero-order valence-corrected chi connectivity index (χ0v) is 15.0. The minimum Gasteiger partial charge on any atom is -0.334 e. The van der Waals surface area contributed by atoms with E-state index < -0.39 is 15.5 Å². The van der Waals surface area contributed by atoms with Gasteiger partial charge in [-0.2, -0.15) is 0 Å². The first-order valence-electron chi connectivity index (χ1n) is 7.41. The summed E-state index contributed by atoms with van der Waals surface area (Å²) in [6.45, 7) is 13.8. The van der Waals surface area contributed by atoms with E-state index in [9.17, 15) is 9.00 Å². The Hall–Kier alpha value is -1.16. The molecule has 0 radical (unpaired) electrons. The maximum Gasteiger partial charge on any atom is 0.255 e. The van der Waals surface area contributed by atoms with E-state index in [1.54, 1.807) is 12.1 Å². The molecule has 118 valence electrons. The van der Waals surface area contributed by atoms with Gasteiger partial charge in [0.1, 0.15) is 0 Å². The standard InChI is InChI=1S/C17H27NO2S/c1-12(2)18(13(3)4)16(19)14-10-8-9-11-15(14)21(20)17(5,6)7/h8-13H,1-7H3. The summed E-state index contributed by atoms with van der Waals surface area (Å²) in [7, 11) is -1.22. The molecule has 1 amide bonds. The van der Waals surface area contributed by atoms with Gasteiger partial charge in [-0.15, -0.1) is 0 Å². The quantitative estimate of drug-likeness (QED) is 0.847. The van der Waals surface area contributed by atoms with E-state index in [1.165, 1.54) is 0 Å². The second kappa shape index (κ2) is 6.73.